The van der Waals surface area contributed by atoms with Gasteiger partial charge < -0.3 is 15.4 Å². The predicted octanol–water partition coefficient (Wildman–Crippen LogP) is 6.80. The first-order valence-electron chi connectivity index (χ1n) is 13.7. The molecule has 0 radical (unpaired) electrons. The van der Waals surface area contributed by atoms with E-state index in [2.05, 4.69) is 37.5 Å². The molecule has 1 unspecified atom stereocenters. The third kappa shape index (κ3) is 7.78. The maximum atomic E-state index is 13.9. The Balaban J connectivity index is 2.01. The van der Waals surface area contributed by atoms with Crippen LogP contribution in [0.25, 0.3) is 0 Å². The molecule has 1 amide bonds. The molecule has 1 saturated heterocycles. The number of esters is 1. The zero-order chi connectivity index (χ0) is 29.9. The third-order valence-electron chi connectivity index (χ3n) is 7.13. The van der Waals surface area contributed by atoms with Gasteiger partial charge in [0, 0.05) is 35.0 Å². The SMILES string of the molecule is CC(CNC(=O)[C@@H]1N[C@@H](CC(C)(C)C)[C@](C#N)(c2ccc(Cl)cc2)[C@H]1c1cccc(Cl)c1)CC(=O)OC(C)(C)C. The number of nitriles is 1. The van der Waals surface area contributed by atoms with E-state index in [1.54, 1.807) is 18.2 Å². The molecule has 1 fully saturated rings. The molecule has 3 rings (SSSR count). The van der Waals surface area contributed by atoms with E-state index in [-0.39, 0.29) is 35.7 Å². The molecule has 0 bridgehead atoms. The van der Waals surface area contributed by atoms with Crippen LogP contribution in [0.1, 0.15) is 78.4 Å². The first kappa shape index (κ1) is 31.9. The zero-order valence-electron chi connectivity index (χ0n) is 24.5. The zero-order valence-corrected chi connectivity index (χ0v) is 26.0. The first-order chi connectivity index (χ1) is 18.6. The van der Waals surface area contributed by atoms with Crippen LogP contribution >= 0.6 is 23.2 Å². The maximum absolute atomic E-state index is 13.9. The lowest BCUT2D eigenvalue weighted by molar-refractivity contribution is -0.155. The number of carbonyl (C=O) groups is 2. The van der Waals surface area contributed by atoms with Gasteiger partial charge in [-0.25, -0.2) is 0 Å². The Morgan fingerprint density at radius 2 is 1.73 bits per heavy atom. The van der Waals surface area contributed by atoms with E-state index < -0.39 is 23.0 Å². The molecule has 0 aromatic heterocycles. The molecule has 5 atom stereocenters. The Morgan fingerprint density at radius 3 is 2.27 bits per heavy atom. The molecular weight excluding hydrogens is 545 g/mol. The number of hydrogen-bond acceptors (Lipinski definition) is 5. The normalized spacial score (nSPS) is 23.8. The summed E-state index contributed by atoms with van der Waals surface area (Å²) < 4.78 is 5.44. The van der Waals surface area contributed by atoms with Crippen LogP contribution in [0.2, 0.25) is 10.0 Å². The van der Waals surface area contributed by atoms with Crippen LogP contribution in [0.3, 0.4) is 0 Å². The summed E-state index contributed by atoms with van der Waals surface area (Å²) in [6.45, 7) is 14.1. The molecule has 2 aromatic rings. The second-order valence-electron chi connectivity index (χ2n) is 13.1. The average molecular weight is 587 g/mol. The topological polar surface area (TPSA) is 91.2 Å². The highest BCUT2D eigenvalue weighted by molar-refractivity contribution is 6.30. The Bertz CT molecular complexity index is 1240. The minimum Gasteiger partial charge on any atom is -0.460 e. The van der Waals surface area contributed by atoms with Gasteiger partial charge in [0.2, 0.25) is 5.91 Å². The molecule has 8 heteroatoms. The number of hydrogen-bond donors (Lipinski definition) is 2. The number of carbonyl (C=O) groups excluding carboxylic acids is 2. The number of nitrogens with one attached hydrogen (secondary N) is 2. The summed E-state index contributed by atoms with van der Waals surface area (Å²) in [6.07, 6.45) is 0.839. The molecule has 2 N–H and O–H groups in total. The molecule has 0 saturated carbocycles. The minimum atomic E-state index is -1.08. The van der Waals surface area contributed by atoms with Gasteiger partial charge in [-0.3, -0.25) is 9.59 Å². The average Bonchev–Trinajstić information content (AvgIpc) is 3.15. The van der Waals surface area contributed by atoms with E-state index in [0.717, 1.165) is 11.1 Å². The highest BCUT2D eigenvalue weighted by Gasteiger charge is 2.59. The molecule has 0 aliphatic carbocycles. The predicted molar refractivity (Wildman–Crippen MR) is 160 cm³/mol. The Labute approximate surface area is 248 Å². The second-order valence-corrected chi connectivity index (χ2v) is 14.0. The van der Waals surface area contributed by atoms with Gasteiger partial charge in [-0.05, 0) is 73.9 Å². The quantitative estimate of drug-likeness (QED) is 0.332. The van der Waals surface area contributed by atoms with E-state index >= 15 is 0 Å². The summed E-state index contributed by atoms with van der Waals surface area (Å²) >= 11 is 12.7. The summed E-state index contributed by atoms with van der Waals surface area (Å²) in [4.78, 5) is 26.2. The van der Waals surface area contributed by atoms with Gasteiger partial charge in [-0.15, -0.1) is 0 Å². The molecule has 1 heterocycles. The molecule has 1 aliphatic heterocycles. The van der Waals surface area contributed by atoms with Crippen LogP contribution in [0.15, 0.2) is 48.5 Å². The van der Waals surface area contributed by atoms with Crippen molar-refractivity contribution in [3.05, 3.63) is 69.7 Å². The van der Waals surface area contributed by atoms with Gasteiger partial charge in [0.15, 0.2) is 0 Å². The van der Waals surface area contributed by atoms with Crippen molar-refractivity contribution in [2.24, 2.45) is 11.3 Å². The fourth-order valence-electron chi connectivity index (χ4n) is 5.58. The van der Waals surface area contributed by atoms with Crippen LogP contribution in [0.4, 0.5) is 0 Å². The van der Waals surface area contributed by atoms with Crippen LogP contribution in [0, 0.1) is 22.7 Å². The number of ether oxygens (including phenoxy) is 1. The van der Waals surface area contributed by atoms with Crippen molar-refractivity contribution in [1.29, 1.82) is 5.26 Å². The molecule has 40 heavy (non-hydrogen) atoms. The fraction of sp³-hybridized carbons (Fsp3) is 0.531. The molecule has 216 valence electrons. The number of halogens is 2. The van der Waals surface area contributed by atoms with Gasteiger partial charge in [-0.1, -0.05) is 75.2 Å². The Kier molecular flexibility index (Phi) is 9.99. The minimum absolute atomic E-state index is 0.127. The Hall–Kier alpha value is -2.59. The van der Waals surface area contributed by atoms with Gasteiger partial charge >= 0.3 is 5.97 Å². The maximum Gasteiger partial charge on any atom is 0.306 e. The lowest BCUT2D eigenvalue weighted by Crippen LogP contribution is -2.46. The molecular formula is C32H41Cl2N3O3. The van der Waals surface area contributed by atoms with Gasteiger partial charge in [0.1, 0.15) is 11.0 Å². The summed E-state index contributed by atoms with van der Waals surface area (Å²) in [6, 6.07) is 16.3. The second kappa shape index (κ2) is 12.5. The van der Waals surface area contributed by atoms with Crippen molar-refractivity contribution in [1.82, 2.24) is 10.6 Å². The third-order valence-corrected chi connectivity index (χ3v) is 7.61. The summed E-state index contributed by atoms with van der Waals surface area (Å²) in [5, 5.41) is 18.7. The largest absolute Gasteiger partial charge is 0.460 e. The van der Waals surface area contributed by atoms with Crippen molar-refractivity contribution < 1.29 is 14.3 Å². The molecule has 1 aliphatic rings. The van der Waals surface area contributed by atoms with Crippen molar-refractivity contribution >= 4 is 35.1 Å². The molecule has 6 nitrogen and oxygen atoms in total. The highest BCUT2D eigenvalue weighted by atomic mass is 35.5. The Morgan fingerprint density at radius 1 is 1.07 bits per heavy atom. The number of benzene rings is 2. The van der Waals surface area contributed by atoms with E-state index in [9.17, 15) is 14.9 Å². The monoisotopic (exact) mass is 585 g/mol. The van der Waals surface area contributed by atoms with E-state index in [0.29, 0.717) is 23.0 Å². The standard InChI is InChI=1S/C32H41Cl2N3O3/c1-20(15-26(38)40-31(5,6)7)18-36-29(39)28-27(21-9-8-10-24(34)16-21)32(19-35,22-11-13-23(33)14-12-22)25(37-28)17-30(2,3)4/h8-14,16,20,25,27-28,37H,15,17-18H2,1-7H3,(H,36,39)/t20?,25-,27-,28+,32-/m0/s1. The molecule has 0 spiro atoms. The van der Waals surface area contributed by atoms with Gasteiger partial charge in [0.05, 0.1) is 12.1 Å². The molecule has 2 aromatic carbocycles. The van der Waals surface area contributed by atoms with Crippen LogP contribution in [-0.4, -0.2) is 36.1 Å². The fourth-order valence-corrected chi connectivity index (χ4v) is 5.91. The number of nitrogens with zero attached hydrogens (tertiary/aromatic N) is 1. The van der Waals surface area contributed by atoms with Crippen LogP contribution < -0.4 is 10.6 Å². The van der Waals surface area contributed by atoms with Crippen molar-refractivity contribution in [3.8, 4) is 6.07 Å². The van der Waals surface area contributed by atoms with Crippen molar-refractivity contribution in [2.75, 3.05) is 6.54 Å². The lowest BCUT2D eigenvalue weighted by Gasteiger charge is -2.37. The van der Waals surface area contributed by atoms with Crippen LogP contribution in [0.5, 0.6) is 0 Å². The van der Waals surface area contributed by atoms with E-state index in [1.807, 2.05) is 58.0 Å². The first-order valence-corrected chi connectivity index (χ1v) is 14.5. The summed E-state index contributed by atoms with van der Waals surface area (Å²) in [5.74, 6) is -1.20. The highest BCUT2D eigenvalue weighted by Crippen LogP contribution is 2.51. The smallest absolute Gasteiger partial charge is 0.306 e. The van der Waals surface area contributed by atoms with Gasteiger partial charge in [0.25, 0.3) is 0 Å². The number of rotatable bonds is 8. The lowest BCUT2D eigenvalue weighted by atomic mass is 9.63. The summed E-state index contributed by atoms with van der Waals surface area (Å²) in [7, 11) is 0. The van der Waals surface area contributed by atoms with Gasteiger partial charge in [-0.2, -0.15) is 5.26 Å². The van der Waals surface area contributed by atoms with Crippen LogP contribution in [-0.2, 0) is 19.7 Å². The van der Waals surface area contributed by atoms with E-state index in [4.69, 9.17) is 27.9 Å². The van der Waals surface area contributed by atoms with Crippen molar-refractivity contribution in [3.63, 3.8) is 0 Å². The van der Waals surface area contributed by atoms with Crippen molar-refractivity contribution in [2.45, 2.75) is 90.3 Å². The van der Waals surface area contributed by atoms with E-state index in [1.165, 1.54) is 0 Å². The summed E-state index contributed by atoms with van der Waals surface area (Å²) in [5.41, 5.74) is -0.178. The number of amides is 1.